The van der Waals surface area contributed by atoms with Crippen LogP contribution in [0.15, 0.2) is 24.7 Å². The molecule has 0 saturated carbocycles. The van der Waals surface area contributed by atoms with Crippen molar-refractivity contribution >= 4 is 11.6 Å². The predicted molar refractivity (Wildman–Crippen MR) is 63.6 cm³/mol. The van der Waals surface area contributed by atoms with Gasteiger partial charge in [0.1, 0.15) is 5.82 Å². The molecule has 86 valence electrons. The van der Waals surface area contributed by atoms with Gasteiger partial charge in [-0.3, -0.25) is 4.79 Å². The molecule has 2 aromatic heterocycles. The lowest BCUT2D eigenvalue weighted by molar-refractivity contribution is 0.103. The average Bonchev–Trinajstić information content (AvgIpc) is 2.32. The second-order valence-electron chi connectivity index (χ2n) is 3.86. The Morgan fingerprint density at radius 3 is 2.29 bits per heavy atom. The first-order chi connectivity index (χ1) is 8.08. The first-order valence-electron chi connectivity index (χ1n) is 5.13. The van der Waals surface area contributed by atoms with E-state index in [1.54, 1.807) is 24.7 Å². The van der Waals surface area contributed by atoms with Gasteiger partial charge >= 0.3 is 0 Å². The molecule has 2 aromatic rings. The number of aromatic nitrogens is 3. The fourth-order valence-corrected chi connectivity index (χ4v) is 1.39. The lowest BCUT2D eigenvalue weighted by Crippen LogP contribution is -2.11. The highest BCUT2D eigenvalue weighted by molar-refractivity contribution is 6.09. The molecule has 2 N–H and O–H groups in total. The van der Waals surface area contributed by atoms with Crippen LogP contribution < -0.4 is 5.73 Å². The lowest BCUT2D eigenvalue weighted by Gasteiger charge is -2.04. The van der Waals surface area contributed by atoms with Crippen LogP contribution in [0.2, 0.25) is 0 Å². The minimum atomic E-state index is -0.307. The van der Waals surface area contributed by atoms with Gasteiger partial charge in [0.05, 0.1) is 5.56 Å². The van der Waals surface area contributed by atoms with Crippen LogP contribution in [0.1, 0.15) is 27.3 Å². The summed E-state index contributed by atoms with van der Waals surface area (Å²) in [4.78, 5) is 24.0. The standard InChI is InChI=1S/C12H12N4O/c1-7-3-9(11(13)14-4-7)10(17)12-15-5-8(2)6-16-12/h3-6H,1-2H3,(H2,13,14). The molecule has 0 aliphatic rings. The maximum Gasteiger partial charge on any atom is 0.233 e. The highest BCUT2D eigenvalue weighted by atomic mass is 16.1. The Morgan fingerprint density at radius 2 is 1.65 bits per heavy atom. The van der Waals surface area contributed by atoms with E-state index in [1.165, 1.54) is 0 Å². The van der Waals surface area contributed by atoms with E-state index in [0.29, 0.717) is 5.56 Å². The van der Waals surface area contributed by atoms with Gasteiger partial charge in [0.25, 0.3) is 0 Å². The fraction of sp³-hybridized carbons (Fsp3) is 0.167. The third kappa shape index (κ3) is 2.28. The second kappa shape index (κ2) is 4.29. The van der Waals surface area contributed by atoms with Crippen molar-refractivity contribution in [3.63, 3.8) is 0 Å². The smallest absolute Gasteiger partial charge is 0.233 e. The quantitative estimate of drug-likeness (QED) is 0.783. The SMILES string of the molecule is Cc1cnc(C(=O)c2cc(C)cnc2N)nc1. The Balaban J connectivity index is 2.43. The van der Waals surface area contributed by atoms with Crippen LogP contribution in [0.5, 0.6) is 0 Å². The average molecular weight is 228 g/mol. The molecule has 2 rings (SSSR count). The van der Waals surface area contributed by atoms with Crippen LogP contribution in [-0.4, -0.2) is 20.7 Å². The Morgan fingerprint density at radius 1 is 1.06 bits per heavy atom. The summed E-state index contributed by atoms with van der Waals surface area (Å²) in [5.41, 5.74) is 7.78. The number of ketones is 1. The number of nitrogens with zero attached hydrogens (tertiary/aromatic N) is 3. The fourth-order valence-electron chi connectivity index (χ4n) is 1.39. The first kappa shape index (κ1) is 11.2. The minimum absolute atomic E-state index is 0.134. The molecule has 0 fully saturated rings. The number of nitrogen functional groups attached to an aromatic ring is 1. The van der Waals surface area contributed by atoms with E-state index in [0.717, 1.165) is 11.1 Å². The van der Waals surface area contributed by atoms with E-state index < -0.39 is 0 Å². The van der Waals surface area contributed by atoms with Gasteiger partial charge in [0, 0.05) is 18.6 Å². The molecule has 5 nitrogen and oxygen atoms in total. The number of pyridine rings is 1. The van der Waals surface area contributed by atoms with Crippen molar-refractivity contribution in [1.82, 2.24) is 15.0 Å². The molecule has 0 saturated heterocycles. The van der Waals surface area contributed by atoms with Gasteiger partial charge in [-0.05, 0) is 31.0 Å². The van der Waals surface area contributed by atoms with Crippen molar-refractivity contribution in [2.24, 2.45) is 0 Å². The van der Waals surface area contributed by atoms with E-state index in [1.807, 2.05) is 13.8 Å². The normalized spacial score (nSPS) is 10.2. The van der Waals surface area contributed by atoms with Gasteiger partial charge in [-0.2, -0.15) is 0 Å². The largest absolute Gasteiger partial charge is 0.383 e. The zero-order valence-corrected chi connectivity index (χ0v) is 9.64. The Labute approximate surface area is 98.7 Å². The number of anilines is 1. The highest BCUT2D eigenvalue weighted by Gasteiger charge is 2.15. The van der Waals surface area contributed by atoms with Gasteiger partial charge in [-0.15, -0.1) is 0 Å². The van der Waals surface area contributed by atoms with Gasteiger partial charge < -0.3 is 5.73 Å². The van der Waals surface area contributed by atoms with Crippen LogP contribution in [0.3, 0.4) is 0 Å². The zero-order chi connectivity index (χ0) is 12.4. The summed E-state index contributed by atoms with van der Waals surface area (Å²) in [5.74, 6) is 0.0261. The molecule has 0 unspecified atom stereocenters. The van der Waals surface area contributed by atoms with Gasteiger partial charge in [0.15, 0.2) is 0 Å². The van der Waals surface area contributed by atoms with Crippen molar-refractivity contribution in [1.29, 1.82) is 0 Å². The van der Waals surface area contributed by atoms with Crippen LogP contribution in [-0.2, 0) is 0 Å². The van der Waals surface area contributed by atoms with Crippen molar-refractivity contribution in [2.45, 2.75) is 13.8 Å². The molecule has 0 aliphatic heterocycles. The van der Waals surface area contributed by atoms with Crippen LogP contribution in [0, 0.1) is 13.8 Å². The maximum atomic E-state index is 12.1. The third-order valence-corrected chi connectivity index (χ3v) is 2.28. The minimum Gasteiger partial charge on any atom is -0.383 e. The number of carbonyl (C=O) groups is 1. The van der Waals surface area contributed by atoms with Crippen LogP contribution in [0.4, 0.5) is 5.82 Å². The van der Waals surface area contributed by atoms with Crippen LogP contribution in [0.25, 0.3) is 0 Å². The monoisotopic (exact) mass is 228 g/mol. The summed E-state index contributed by atoms with van der Waals surface area (Å²) >= 11 is 0. The molecule has 0 atom stereocenters. The molecule has 0 radical (unpaired) electrons. The van der Waals surface area contributed by atoms with Crippen molar-refractivity contribution < 1.29 is 4.79 Å². The van der Waals surface area contributed by atoms with E-state index in [4.69, 9.17) is 5.73 Å². The van der Waals surface area contributed by atoms with Gasteiger partial charge in [-0.25, -0.2) is 15.0 Å². The topological polar surface area (TPSA) is 81.8 Å². The number of hydrogen-bond acceptors (Lipinski definition) is 5. The highest BCUT2D eigenvalue weighted by Crippen LogP contribution is 2.13. The van der Waals surface area contributed by atoms with Crippen molar-refractivity contribution in [3.8, 4) is 0 Å². The number of rotatable bonds is 2. The Bertz CT molecular complexity index is 563. The summed E-state index contributed by atoms with van der Waals surface area (Å²) in [6.45, 7) is 3.70. The summed E-state index contributed by atoms with van der Waals surface area (Å²) in [6.07, 6.45) is 4.81. The molecular formula is C12H12N4O. The molecule has 0 spiro atoms. The molecule has 0 amide bonds. The Kier molecular flexibility index (Phi) is 2.82. The van der Waals surface area contributed by atoms with E-state index in [9.17, 15) is 4.79 Å². The molecule has 17 heavy (non-hydrogen) atoms. The molecule has 5 heteroatoms. The van der Waals surface area contributed by atoms with Gasteiger partial charge in [-0.1, -0.05) is 0 Å². The molecular weight excluding hydrogens is 216 g/mol. The Hall–Kier alpha value is -2.30. The van der Waals surface area contributed by atoms with E-state index >= 15 is 0 Å². The number of nitrogens with two attached hydrogens (primary N) is 1. The molecule has 2 heterocycles. The molecule has 0 aliphatic carbocycles. The van der Waals surface area contributed by atoms with E-state index in [-0.39, 0.29) is 17.4 Å². The van der Waals surface area contributed by atoms with E-state index in [2.05, 4.69) is 15.0 Å². The summed E-state index contributed by atoms with van der Waals surface area (Å²) in [6, 6.07) is 1.69. The van der Waals surface area contributed by atoms with Gasteiger partial charge in [0.2, 0.25) is 11.6 Å². The zero-order valence-electron chi connectivity index (χ0n) is 9.64. The number of aryl methyl sites for hydroxylation is 2. The van der Waals surface area contributed by atoms with Crippen molar-refractivity contribution in [3.05, 3.63) is 47.2 Å². The number of carbonyl (C=O) groups excluding carboxylic acids is 1. The lowest BCUT2D eigenvalue weighted by atomic mass is 10.1. The summed E-state index contributed by atoms with van der Waals surface area (Å²) < 4.78 is 0. The maximum absolute atomic E-state index is 12.1. The second-order valence-corrected chi connectivity index (χ2v) is 3.86. The summed E-state index contributed by atoms with van der Waals surface area (Å²) in [5, 5.41) is 0. The first-order valence-corrected chi connectivity index (χ1v) is 5.13. The van der Waals surface area contributed by atoms with Crippen molar-refractivity contribution in [2.75, 3.05) is 5.73 Å². The molecule has 0 bridgehead atoms. The van der Waals surface area contributed by atoms with Crippen LogP contribution >= 0.6 is 0 Å². The third-order valence-electron chi connectivity index (χ3n) is 2.28. The summed E-state index contributed by atoms with van der Waals surface area (Å²) in [7, 11) is 0. The number of hydrogen-bond donors (Lipinski definition) is 1. The molecule has 0 aromatic carbocycles. The predicted octanol–water partition coefficient (Wildman–Crippen LogP) is 1.30.